The molecule has 3 aromatic rings. The third-order valence-corrected chi connectivity index (χ3v) is 5.06. The van der Waals surface area contributed by atoms with E-state index in [1.165, 1.54) is 29.8 Å². The van der Waals surface area contributed by atoms with Gasteiger partial charge in [0.15, 0.2) is 11.6 Å². The molecule has 2 nitrogen and oxygen atoms in total. The van der Waals surface area contributed by atoms with Crippen LogP contribution in [0.25, 0.3) is 11.1 Å². The Bertz CT molecular complexity index is 1020. The van der Waals surface area contributed by atoms with E-state index < -0.39 is 24.2 Å². The molecule has 3 aromatic carbocycles. The van der Waals surface area contributed by atoms with E-state index in [9.17, 15) is 17.6 Å². The normalized spacial score (nSPS) is 11.4. The maximum absolute atomic E-state index is 14.3. The average molecular weight is 446 g/mol. The van der Waals surface area contributed by atoms with E-state index in [0.717, 1.165) is 24.0 Å². The molecule has 0 fully saturated rings. The van der Waals surface area contributed by atoms with Gasteiger partial charge in [-0.2, -0.15) is 13.2 Å². The number of rotatable bonds is 10. The summed E-state index contributed by atoms with van der Waals surface area (Å²) < 4.78 is 66.5. The minimum atomic E-state index is -3.54. The van der Waals surface area contributed by atoms with Crippen LogP contribution in [0.15, 0.2) is 60.7 Å². The van der Waals surface area contributed by atoms with Gasteiger partial charge in [0.25, 0.3) is 0 Å². The Kier molecular flexibility index (Phi) is 7.78. The van der Waals surface area contributed by atoms with E-state index in [1.54, 1.807) is 19.1 Å². The first-order valence-corrected chi connectivity index (χ1v) is 10.7. The molecule has 170 valence electrons. The zero-order valence-electron chi connectivity index (χ0n) is 18.1. The van der Waals surface area contributed by atoms with Gasteiger partial charge in [0, 0.05) is 0 Å². The van der Waals surface area contributed by atoms with Gasteiger partial charge in [-0.25, -0.2) is 4.39 Å². The summed E-state index contributed by atoms with van der Waals surface area (Å²) >= 11 is 0. The van der Waals surface area contributed by atoms with Crippen LogP contribution in [0, 0.1) is 11.6 Å². The van der Waals surface area contributed by atoms with Gasteiger partial charge in [-0.05, 0) is 60.2 Å². The van der Waals surface area contributed by atoms with Gasteiger partial charge in [0.1, 0.15) is 5.75 Å². The molecular formula is C26H26F4O2. The van der Waals surface area contributed by atoms with Crippen molar-refractivity contribution in [2.24, 2.45) is 0 Å². The number of alkyl halides is 2. The topological polar surface area (TPSA) is 18.5 Å². The van der Waals surface area contributed by atoms with E-state index in [-0.39, 0.29) is 30.1 Å². The third-order valence-electron chi connectivity index (χ3n) is 5.06. The summed E-state index contributed by atoms with van der Waals surface area (Å²) in [6, 6.07) is 17.0. The minimum absolute atomic E-state index is 0.000278. The monoisotopic (exact) mass is 446 g/mol. The first-order chi connectivity index (χ1) is 15.3. The molecule has 0 unspecified atom stereocenters. The second-order valence-electron chi connectivity index (χ2n) is 7.49. The van der Waals surface area contributed by atoms with Crippen molar-refractivity contribution in [3.8, 4) is 22.6 Å². The van der Waals surface area contributed by atoms with Crippen LogP contribution in [0.4, 0.5) is 17.6 Å². The lowest BCUT2D eigenvalue weighted by Crippen LogP contribution is -2.25. The smallest absolute Gasteiger partial charge is 0.398 e. The molecule has 0 saturated heterocycles. The van der Waals surface area contributed by atoms with E-state index in [0.29, 0.717) is 0 Å². The summed E-state index contributed by atoms with van der Waals surface area (Å²) in [6.07, 6.45) is -2.64. The number of hydrogen-bond acceptors (Lipinski definition) is 2. The lowest BCUT2D eigenvalue weighted by molar-refractivity contribution is -0.180. The second-order valence-corrected chi connectivity index (χ2v) is 7.49. The standard InChI is InChI=1S/C26H26F4O2/c1-3-5-18-6-8-19(9-7-18)20-10-13-22(14-11-20)32-26(29,30)17-16-21-12-15-23(31-4-2)25(28)24(21)27/h6-15H,3-5,16-17H2,1-2H3. The fourth-order valence-electron chi connectivity index (χ4n) is 3.40. The highest BCUT2D eigenvalue weighted by Gasteiger charge is 2.32. The van der Waals surface area contributed by atoms with Crippen LogP contribution in [-0.2, 0) is 12.8 Å². The molecule has 0 spiro atoms. The molecule has 0 aliphatic rings. The molecular weight excluding hydrogens is 420 g/mol. The van der Waals surface area contributed by atoms with Crippen LogP contribution in [-0.4, -0.2) is 12.7 Å². The van der Waals surface area contributed by atoms with Crippen LogP contribution in [0.1, 0.15) is 37.8 Å². The van der Waals surface area contributed by atoms with Crippen LogP contribution >= 0.6 is 0 Å². The summed E-state index contributed by atoms with van der Waals surface area (Å²) in [4.78, 5) is 0. The highest BCUT2D eigenvalue weighted by atomic mass is 19.3. The molecule has 32 heavy (non-hydrogen) atoms. The molecule has 0 atom stereocenters. The van der Waals surface area contributed by atoms with Gasteiger partial charge in [-0.1, -0.05) is 55.8 Å². The SMILES string of the molecule is CCCc1ccc(-c2ccc(OC(F)(F)CCc3ccc(OCC)c(F)c3F)cc2)cc1. The van der Waals surface area contributed by atoms with Gasteiger partial charge < -0.3 is 9.47 Å². The maximum atomic E-state index is 14.3. The van der Waals surface area contributed by atoms with Crippen molar-refractivity contribution < 1.29 is 27.0 Å². The summed E-state index contributed by atoms with van der Waals surface area (Å²) in [6.45, 7) is 3.93. The van der Waals surface area contributed by atoms with E-state index in [1.807, 2.05) is 12.1 Å². The molecule has 0 aliphatic carbocycles. The highest BCUT2D eigenvalue weighted by molar-refractivity contribution is 5.64. The first kappa shape index (κ1) is 23.6. The predicted octanol–water partition coefficient (Wildman–Crippen LogP) is 7.59. The maximum Gasteiger partial charge on any atom is 0.398 e. The fraction of sp³-hybridized carbons (Fsp3) is 0.308. The van der Waals surface area contributed by atoms with Crippen LogP contribution in [0.5, 0.6) is 11.5 Å². The first-order valence-electron chi connectivity index (χ1n) is 10.7. The van der Waals surface area contributed by atoms with Crippen molar-refractivity contribution in [2.75, 3.05) is 6.61 Å². The number of benzene rings is 3. The van der Waals surface area contributed by atoms with Crippen LogP contribution < -0.4 is 9.47 Å². The van der Waals surface area contributed by atoms with E-state index >= 15 is 0 Å². The van der Waals surface area contributed by atoms with Crippen LogP contribution in [0.3, 0.4) is 0 Å². The van der Waals surface area contributed by atoms with Gasteiger partial charge in [-0.3, -0.25) is 0 Å². The Morgan fingerprint density at radius 1 is 0.750 bits per heavy atom. The van der Waals surface area contributed by atoms with Crippen molar-refractivity contribution >= 4 is 0 Å². The van der Waals surface area contributed by atoms with Crippen molar-refractivity contribution in [1.29, 1.82) is 0 Å². The fourth-order valence-corrected chi connectivity index (χ4v) is 3.40. The molecule has 6 heteroatoms. The molecule has 0 radical (unpaired) electrons. The Balaban J connectivity index is 1.62. The lowest BCUT2D eigenvalue weighted by Gasteiger charge is -2.18. The van der Waals surface area contributed by atoms with Crippen molar-refractivity contribution in [1.82, 2.24) is 0 Å². The molecule has 0 N–H and O–H groups in total. The van der Waals surface area contributed by atoms with E-state index in [4.69, 9.17) is 9.47 Å². The van der Waals surface area contributed by atoms with Crippen molar-refractivity contribution in [3.05, 3.63) is 83.4 Å². The molecule has 0 heterocycles. The third kappa shape index (κ3) is 6.02. The Hall–Kier alpha value is -3.02. The van der Waals surface area contributed by atoms with Crippen molar-refractivity contribution in [2.45, 2.75) is 45.6 Å². The largest absolute Gasteiger partial charge is 0.491 e. The molecule has 3 rings (SSSR count). The molecule has 0 aliphatic heterocycles. The van der Waals surface area contributed by atoms with Gasteiger partial charge >= 0.3 is 6.11 Å². The summed E-state index contributed by atoms with van der Waals surface area (Å²) in [7, 11) is 0. The molecule has 0 bridgehead atoms. The number of halogens is 4. The van der Waals surface area contributed by atoms with E-state index in [2.05, 4.69) is 19.1 Å². The minimum Gasteiger partial charge on any atom is -0.491 e. The molecule has 0 amide bonds. The number of hydrogen-bond donors (Lipinski definition) is 0. The second kappa shape index (κ2) is 10.5. The Labute approximate surface area is 185 Å². The predicted molar refractivity (Wildman–Crippen MR) is 117 cm³/mol. The summed E-state index contributed by atoms with van der Waals surface area (Å²) in [5.41, 5.74) is 2.96. The summed E-state index contributed by atoms with van der Waals surface area (Å²) in [5.74, 6) is -2.59. The zero-order chi connectivity index (χ0) is 23.1. The van der Waals surface area contributed by atoms with Crippen LogP contribution in [0.2, 0.25) is 0 Å². The van der Waals surface area contributed by atoms with Crippen molar-refractivity contribution in [3.63, 3.8) is 0 Å². The average Bonchev–Trinajstić information content (AvgIpc) is 2.78. The Morgan fingerprint density at radius 2 is 1.38 bits per heavy atom. The van der Waals surface area contributed by atoms with Gasteiger partial charge in [0.05, 0.1) is 13.0 Å². The zero-order valence-corrected chi connectivity index (χ0v) is 18.1. The molecule has 0 saturated carbocycles. The van der Waals surface area contributed by atoms with Gasteiger partial charge in [0.2, 0.25) is 5.82 Å². The number of ether oxygens (including phenoxy) is 2. The number of aryl methyl sites for hydroxylation is 2. The van der Waals surface area contributed by atoms with Gasteiger partial charge in [-0.15, -0.1) is 0 Å². The molecule has 0 aromatic heterocycles. The Morgan fingerprint density at radius 3 is 1.97 bits per heavy atom. The lowest BCUT2D eigenvalue weighted by atomic mass is 10.0. The highest BCUT2D eigenvalue weighted by Crippen LogP contribution is 2.30. The summed E-state index contributed by atoms with van der Waals surface area (Å²) in [5, 5.41) is 0. The quantitative estimate of drug-likeness (QED) is 0.299.